The van der Waals surface area contributed by atoms with Gasteiger partial charge in [0.15, 0.2) is 0 Å². The molecule has 9 nitrogen and oxygen atoms in total. The highest BCUT2D eigenvalue weighted by atomic mass is 16.6. The minimum absolute atomic E-state index is 0.0539. The maximum absolute atomic E-state index is 12.9. The molecule has 0 bridgehead atoms. The number of allylic oxidation sites excluding steroid dienone is 2. The number of carbonyl (C=O) groups excluding carboxylic acids is 4. The van der Waals surface area contributed by atoms with Crippen molar-refractivity contribution in [1.82, 2.24) is 10.6 Å². The molecule has 0 aromatic heterocycles. The third-order valence-electron chi connectivity index (χ3n) is 5.75. The standard InChI is InChI=1S/C28H40N2O7/c1-19-18-36-27(35)22(16-25(33)37-28(2,3)4)13-9-8-12-21(26(34)29-19)15-24(32)30-23(17-31)14-20-10-6-5-7-11-20/h5-11,19,21-23,31H,12-18H2,1-4H3,(H,29,34)(H,30,32)/b9-8-/t19-,21-,22+,23-/m0/s1. The van der Waals surface area contributed by atoms with E-state index in [4.69, 9.17) is 9.47 Å². The zero-order valence-corrected chi connectivity index (χ0v) is 22.2. The Labute approximate surface area is 219 Å². The molecule has 9 heteroatoms. The number of esters is 2. The minimum atomic E-state index is -0.710. The second-order valence-corrected chi connectivity index (χ2v) is 10.5. The van der Waals surface area contributed by atoms with Crippen LogP contribution in [-0.4, -0.2) is 59.8 Å². The van der Waals surface area contributed by atoms with Gasteiger partial charge < -0.3 is 25.2 Å². The molecule has 2 amide bonds. The lowest BCUT2D eigenvalue weighted by atomic mass is 9.96. The van der Waals surface area contributed by atoms with Crippen molar-refractivity contribution in [1.29, 1.82) is 0 Å². The second kappa shape index (κ2) is 14.5. The Morgan fingerprint density at radius 3 is 2.38 bits per heavy atom. The third-order valence-corrected chi connectivity index (χ3v) is 5.75. The zero-order valence-electron chi connectivity index (χ0n) is 22.2. The SMILES string of the molecule is C[C@H]1COC(=O)[C@@H](CC(=O)OC(C)(C)C)C/C=C\C[C@@H](CC(=O)N[C@H](CO)Cc2ccccc2)C(=O)N1. The molecule has 0 unspecified atom stereocenters. The molecule has 1 aromatic rings. The quantitative estimate of drug-likeness (QED) is 0.357. The topological polar surface area (TPSA) is 131 Å². The van der Waals surface area contributed by atoms with Crippen LogP contribution in [-0.2, 0) is 35.1 Å². The molecule has 0 aliphatic carbocycles. The Morgan fingerprint density at radius 1 is 1.11 bits per heavy atom. The first kappa shape index (κ1) is 30.0. The van der Waals surface area contributed by atoms with Gasteiger partial charge in [-0.25, -0.2) is 0 Å². The first-order valence-electron chi connectivity index (χ1n) is 12.7. The fourth-order valence-corrected chi connectivity index (χ4v) is 3.95. The van der Waals surface area contributed by atoms with Crippen LogP contribution >= 0.6 is 0 Å². The van der Waals surface area contributed by atoms with Crippen molar-refractivity contribution in [3.63, 3.8) is 0 Å². The summed E-state index contributed by atoms with van der Waals surface area (Å²) < 4.78 is 10.7. The van der Waals surface area contributed by atoms with Crippen LogP contribution < -0.4 is 10.6 Å². The van der Waals surface area contributed by atoms with Gasteiger partial charge in [0.25, 0.3) is 0 Å². The van der Waals surface area contributed by atoms with Crippen molar-refractivity contribution in [3.8, 4) is 0 Å². The van der Waals surface area contributed by atoms with Crippen LogP contribution in [0.2, 0.25) is 0 Å². The highest BCUT2D eigenvalue weighted by molar-refractivity contribution is 5.86. The van der Waals surface area contributed by atoms with Crippen LogP contribution in [0.1, 0.15) is 58.9 Å². The molecule has 0 saturated carbocycles. The van der Waals surface area contributed by atoms with Crippen LogP contribution in [0.4, 0.5) is 0 Å². The fourth-order valence-electron chi connectivity index (χ4n) is 3.95. The first-order valence-corrected chi connectivity index (χ1v) is 12.7. The number of hydrogen-bond acceptors (Lipinski definition) is 7. The van der Waals surface area contributed by atoms with Crippen molar-refractivity contribution in [2.45, 2.75) is 77.5 Å². The van der Waals surface area contributed by atoms with Crippen LogP contribution in [0, 0.1) is 11.8 Å². The Kier molecular flexibility index (Phi) is 11.8. The summed E-state index contributed by atoms with van der Waals surface area (Å²) in [6, 6.07) is 8.58. The maximum Gasteiger partial charge on any atom is 0.309 e. The van der Waals surface area contributed by atoms with Crippen LogP contribution in [0.3, 0.4) is 0 Å². The average Bonchev–Trinajstić information content (AvgIpc) is 2.82. The Bertz CT molecular complexity index is 940. The summed E-state index contributed by atoms with van der Waals surface area (Å²) in [6.45, 7) is 6.70. The van der Waals surface area contributed by atoms with E-state index in [0.717, 1.165) is 5.56 Å². The summed E-state index contributed by atoms with van der Waals surface area (Å²) in [4.78, 5) is 50.5. The summed E-state index contributed by atoms with van der Waals surface area (Å²) in [5.41, 5.74) is 0.322. The van der Waals surface area contributed by atoms with E-state index in [9.17, 15) is 24.3 Å². The number of aliphatic hydroxyl groups is 1. The van der Waals surface area contributed by atoms with E-state index in [2.05, 4.69) is 10.6 Å². The van der Waals surface area contributed by atoms with Crippen molar-refractivity contribution in [3.05, 3.63) is 48.0 Å². The van der Waals surface area contributed by atoms with E-state index in [1.807, 2.05) is 30.3 Å². The van der Waals surface area contributed by atoms with Gasteiger partial charge in [0, 0.05) is 6.42 Å². The third kappa shape index (κ3) is 11.6. The number of hydrogen-bond donors (Lipinski definition) is 3. The maximum atomic E-state index is 12.9. The fraction of sp³-hybridized carbons (Fsp3) is 0.571. The number of amides is 2. The molecule has 204 valence electrons. The largest absolute Gasteiger partial charge is 0.463 e. The highest BCUT2D eigenvalue weighted by Crippen LogP contribution is 2.19. The van der Waals surface area contributed by atoms with E-state index in [-0.39, 0.29) is 50.7 Å². The van der Waals surface area contributed by atoms with Gasteiger partial charge in [-0.1, -0.05) is 42.5 Å². The lowest BCUT2D eigenvalue weighted by Crippen LogP contribution is -2.44. The Morgan fingerprint density at radius 2 is 1.76 bits per heavy atom. The monoisotopic (exact) mass is 516 g/mol. The molecule has 0 spiro atoms. The van der Waals surface area contributed by atoms with Crippen LogP contribution in [0.15, 0.2) is 42.5 Å². The predicted octanol–water partition coefficient (Wildman–Crippen LogP) is 2.46. The first-order chi connectivity index (χ1) is 17.5. The van der Waals surface area contributed by atoms with Gasteiger partial charge in [0.05, 0.1) is 36.9 Å². The molecule has 4 atom stereocenters. The summed E-state index contributed by atoms with van der Waals surface area (Å²) in [5, 5.41) is 15.3. The number of ether oxygens (including phenoxy) is 2. The van der Waals surface area contributed by atoms with Crippen molar-refractivity contribution >= 4 is 23.8 Å². The van der Waals surface area contributed by atoms with Gasteiger partial charge in [-0.3, -0.25) is 19.2 Å². The van der Waals surface area contributed by atoms with Crippen molar-refractivity contribution < 1.29 is 33.8 Å². The molecule has 1 aliphatic heterocycles. The Hall–Kier alpha value is -3.20. The van der Waals surface area contributed by atoms with Gasteiger partial charge in [-0.15, -0.1) is 0 Å². The predicted molar refractivity (Wildman–Crippen MR) is 138 cm³/mol. The molecule has 0 saturated heterocycles. The highest BCUT2D eigenvalue weighted by Gasteiger charge is 2.28. The summed E-state index contributed by atoms with van der Waals surface area (Å²) in [7, 11) is 0. The molecular formula is C28H40N2O7. The number of aliphatic hydroxyl groups excluding tert-OH is 1. The van der Waals surface area contributed by atoms with E-state index < -0.39 is 41.5 Å². The number of nitrogens with one attached hydrogen (secondary N) is 2. The van der Waals surface area contributed by atoms with Gasteiger partial charge in [0.2, 0.25) is 11.8 Å². The van der Waals surface area contributed by atoms with E-state index in [1.165, 1.54) is 0 Å². The van der Waals surface area contributed by atoms with Crippen molar-refractivity contribution in [2.24, 2.45) is 11.8 Å². The number of rotatable bonds is 8. The number of benzene rings is 1. The zero-order chi connectivity index (χ0) is 27.4. The molecule has 0 fully saturated rings. The van der Waals surface area contributed by atoms with Crippen LogP contribution in [0.5, 0.6) is 0 Å². The van der Waals surface area contributed by atoms with Gasteiger partial charge >= 0.3 is 11.9 Å². The van der Waals surface area contributed by atoms with Gasteiger partial charge in [0.1, 0.15) is 12.2 Å². The van der Waals surface area contributed by atoms with E-state index in [1.54, 1.807) is 39.8 Å². The summed E-state index contributed by atoms with van der Waals surface area (Å²) >= 11 is 0. The molecule has 1 aliphatic rings. The van der Waals surface area contributed by atoms with Crippen LogP contribution in [0.25, 0.3) is 0 Å². The van der Waals surface area contributed by atoms with Gasteiger partial charge in [-0.05, 0) is 52.5 Å². The average molecular weight is 517 g/mol. The minimum Gasteiger partial charge on any atom is -0.463 e. The molecule has 2 rings (SSSR count). The molecule has 1 aromatic carbocycles. The lowest BCUT2D eigenvalue weighted by Gasteiger charge is -2.23. The normalized spacial score (nSPS) is 22.9. The molecule has 3 N–H and O–H groups in total. The number of cyclic esters (lactones) is 1. The lowest BCUT2D eigenvalue weighted by molar-refractivity contribution is -0.161. The molecule has 1 heterocycles. The van der Waals surface area contributed by atoms with Crippen molar-refractivity contribution in [2.75, 3.05) is 13.2 Å². The number of carbonyl (C=O) groups is 4. The van der Waals surface area contributed by atoms with Gasteiger partial charge in [-0.2, -0.15) is 0 Å². The van der Waals surface area contributed by atoms with E-state index in [0.29, 0.717) is 6.42 Å². The Balaban J connectivity index is 2.04. The molecular weight excluding hydrogens is 476 g/mol. The molecule has 0 radical (unpaired) electrons. The summed E-state index contributed by atoms with van der Waals surface area (Å²) in [5.74, 6) is -3.02. The second-order valence-electron chi connectivity index (χ2n) is 10.5. The van der Waals surface area contributed by atoms with E-state index >= 15 is 0 Å². The smallest absolute Gasteiger partial charge is 0.309 e. The molecule has 37 heavy (non-hydrogen) atoms. The summed E-state index contributed by atoms with van der Waals surface area (Å²) in [6.07, 6.45) is 4.30.